The van der Waals surface area contributed by atoms with Crippen molar-refractivity contribution in [3.05, 3.63) is 29.8 Å². The lowest BCUT2D eigenvalue weighted by Gasteiger charge is -2.50. The number of rotatable bonds is 4. The van der Waals surface area contributed by atoms with Gasteiger partial charge in [0.1, 0.15) is 6.07 Å². The van der Waals surface area contributed by atoms with Crippen molar-refractivity contribution >= 4 is 5.69 Å². The van der Waals surface area contributed by atoms with Gasteiger partial charge in [0, 0.05) is 18.1 Å². The van der Waals surface area contributed by atoms with Crippen LogP contribution in [-0.2, 0) is 0 Å². The first-order valence-corrected chi connectivity index (χ1v) is 8.34. The summed E-state index contributed by atoms with van der Waals surface area (Å²) in [6.45, 7) is 3.35. The van der Waals surface area contributed by atoms with Crippen LogP contribution in [-0.4, -0.2) is 24.7 Å². The maximum Gasteiger partial charge on any atom is 0.101 e. The fourth-order valence-electron chi connectivity index (χ4n) is 4.08. The van der Waals surface area contributed by atoms with Crippen LogP contribution in [0.25, 0.3) is 0 Å². The predicted octanol–water partition coefficient (Wildman–Crippen LogP) is 3.45. The summed E-state index contributed by atoms with van der Waals surface area (Å²) in [5.41, 5.74) is 1.98. The number of benzene rings is 1. The molecule has 2 heterocycles. The average Bonchev–Trinajstić information content (AvgIpc) is 2.52. The largest absolute Gasteiger partial charge is 0.364 e. The molecule has 2 fully saturated rings. The lowest BCUT2D eigenvalue weighted by atomic mass is 9.81. The van der Waals surface area contributed by atoms with E-state index < -0.39 is 0 Å². The first kappa shape index (κ1) is 14.4. The Morgan fingerprint density at radius 3 is 2.62 bits per heavy atom. The molecule has 2 aliphatic rings. The Hall–Kier alpha value is -1.53. The van der Waals surface area contributed by atoms with Gasteiger partial charge in [-0.05, 0) is 57.2 Å². The number of nitrogens with zero attached hydrogens (tertiary/aromatic N) is 2. The number of hydrogen-bond donors (Lipinski definition) is 1. The van der Waals surface area contributed by atoms with Crippen molar-refractivity contribution in [1.82, 2.24) is 5.32 Å². The van der Waals surface area contributed by atoms with Crippen LogP contribution in [0.15, 0.2) is 24.3 Å². The van der Waals surface area contributed by atoms with Gasteiger partial charge in [0.15, 0.2) is 0 Å². The monoisotopic (exact) mass is 283 g/mol. The molecule has 2 saturated heterocycles. The predicted molar refractivity (Wildman–Crippen MR) is 86.4 cm³/mol. The van der Waals surface area contributed by atoms with Crippen LogP contribution in [0.1, 0.15) is 51.0 Å². The third-order valence-electron chi connectivity index (χ3n) is 4.96. The molecule has 0 aromatic heterocycles. The summed E-state index contributed by atoms with van der Waals surface area (Å²) in [5, 5.41) is 13.1. The van der Waals surface area contributed by atoms with Crippen molar-refractivity contribution in [3.8, 4) is 6.07 Å². The van der Waals surface area contributed by atoms with Crippen LogP contribution in [0.4, 0.5) is 5.69 Å². The molecule has 0 amide bonds. The second kappa shape index (κ2) is 6.49. The van der Waals surface area contributed by atoms with Crippen molar-refractivity contribution in [2.75, 3.05) is 11.4 Å². The summed E-state index contributed by atoms with van der Waals surface area (Å²) in [4.78, 5) is 2.56. The van der Waals surface area contributed by atoms with E-state index >= 15 is 0 Å². The van der Waals surface area contributed by atoms with E-state index in [1.165, 1.54) is 38.5 Å². The van der Waals surface area contributed by atoms with Crippen molar-refractivity contribution in [1.29, 1.82) is 5.26 Å². The molecule has 1 aromatic carbocycles. The van der Waals surface area contributed by atoms with Crippen LogP contribution in [0, 0.1) is 11.3 Å². The van der Waals surface area contributed by atoms with Gasteiger partial charge in [-0.15, -0.1) is 0 Å². The molecule has 0 saturated carbocycles. The highest BCUT2D eigenvalue weighted by atomic mass is 15.2. The first-order valence-electron chi connectivity index (χ1n) is 8.34. The minimum absolute atomic E-state index is 0.598. The van der Waals surface area contributed by atoms with Crippen molar-refractivity contribution in [3.63, 3.8) is 0 Å². The lowest BCUT2D eigenvalue weighted by Crippen LogP contribution is -2.56. The normalized spacial score (nSPS) is 28.2. The molecule has 0 radical (unpaired) electrons. The van der Waals surface area contributed by atoms with Crippen molar-refractivity contribution in [2.24, 2.45) is 0 Å². The molecule has 2 atom stereocenters. The van der Waals surface area contributed by atoms with E-state index in [4.69, 9.17) is 0 Å². The molecular weight excluding hydrogens is 258 g/mol. The van der Waals surface area contributed by atoms with Crippen molar-refractivity contribution < 1.29 is 0 Å². The van der Waals surface area contributed by atoms with Gasteiger partial charge >= 0.3 is 0 Å². The molecule has 0 aliphatic carbocycles. The molecule has 2 aliphatic heterocycles. The zero-order valence-corrected chi connectivity index (χ0v) is 12.9. The molecule has 0 spiro atoms. The van der Waals surface area contributed by atoms with Gasteiger partial charge in [-0.1, -0.05) is 19.1 Å². The van der Waals surface area contributed by atoms with E-state index in [-0.39, 0.29) is 0 Å². The quantitative estimate of drug-likeness (QED) is 0.920. The highest BCUT2D eigenvalue weighted by molar-refractivity contribution is 5.61. The minimum Gasteiger partial charge on any atom is -0.364 e. The Kier molecular flexibility index (Phi) is 4.45. The number of piperidine rings is 2. The van der Waals surface area contributed by atoms with Crippen LogP contribution in [0.3, 0.4) is 0 Å². The SMILES string of the molecule is CCCNC1CC2CCCC(C1)N2c1ccccc1C#N. The number of fused-ring (bicyclic) bond motifs is 2. The lowest BCUT2D eigenvalue weighted by molar-refractivity contribution is 0.246. The van der Waals surface area contributed by atoms with Crippen LogP contribution in [0.2, 0.25) is 0 Å². The van der Waals surface area contributed by atoms with Crippen molar-refractivity contribution in [2.45, 2.75) is 63.6 Å². The minimum atomic E-state index is 0.598. The van der Waals surface area contributed by atoms with Gasteiger partial charge in [-0.2, -0.15) is 5.26 Å². The molecule has 1 N–H and O–H groups in total. The summed E-state index contributed by atoms with van der Waals surface area (Å²) in [6.07, 6.45) is 7.50. The summed E-state index contributed by atoms with van der Waals surface area (Å²) in [6, 6.07) is 12.3. The number of anilines is 1. The molecule has 3 rings (SSSR count). The van der Waals surface area contributed by atoms with Gasteiger partial charge in [0.05, 0.1) is 11.3 Å². The molecule has 3 heteroatoms. The number of nitriles is 1. The van der Waals surface area contributed by atoms with Crippen LogP contribution >= 0.6 is 0 Å². The maximum atomic E-state index is 9.39. The number of para-hydroxylation sites is 1. The third kappa shape index (κ3) is 2.91. The highest BCUT2D eigenvalue weighted by Gasteiger charge is 2.38. The first-order chi connectivity index (χ1) is 10.3. The summed E-state index contributed by atoms with van der Waals surface area (Å²) >= 11 is 0. The van der Waals surface area contributed by atoms with Gasteiger partial charge in [-0.3, -0.25) is 0 Å². The van der Waals surface area contributed by atoms with E-state index in [0.717, 1.165) is 17.8 Å². The van der Waals surface area contributed by atoms with E-state index in [0.29, 0.717) is 18.1 Å². The Bertz CT molecular complexity index is 505. The highest BCUT2D eigenvalue weighted by Crippen LogP contribution is 2.38. The Morgan fingerprint density at radius 2 is 1.95 bits per heavy atom. The molecule has 1 aromatic rings. The fourth-order valence-corrected chi connectivity index (χ4v) is 4.08. The molecular formula is C18H25N3. The molecule has 2 unspecified atom stereocenters. The second-order valence-electron chi connectivity index (χ2n) is 6.40. The molecule has 2 bridgehead atoms. The Balaban J connectivity index is 1.82. The average molecular weight is 283 g/mol. The van der Waals surface area contributed by atoms with E-state index in [1.54, 1.807) is 0 Å². The molecule has 112 valence electrons. The number of nitrogens with one attached hydrogen (secondary N) is 1. The fraction of sp³-hybridized carbons (Fsp3) is 0.611. The summed E-state index contributed by atoms with van der Waals surface area (Å²) in [5.74, 6) is 0. The van der Waals surface area contributed by atoms with E-state index in [1.807, 2.05) is 12.1 Å². The zero-order chi connectivity index (χ0) is 14.7. The third-order valence-corrected chi connectivity index (χ3v) is 4.96. The molecule has 3 nitrogen and oxygen atoms in total. The van der Waals surface area contributed by atoms with Crippen LogP contribution in [0.5, 0.6) is 0 Å². The zero-order valence-electron chi connectivity index (χ0n) is 12.9. The van der Waals surface area contributed by atoms with Gasteiger partial charge in [0.25, 0.3) is 0 Å². The summed E-state index contributed by atoms with van der Waals surface area (Å²) in [7, 11) is 0. The Morgan fingerprint density at radius 1 is 1.24 bits per heavy atom. The van der Waals surface area contributed by atoms with E-state index in [9.17, 15) is 5.26 Å². The van der Waals surface area contributed by atoms with Crippen LogP contribution < -0.4 is 10.2 Å². The Labute approximate surface area is 128 Å². The van der Waals surface area contributed by atoms with Gasteiger partial charge in [-0.25, -0.2) is 0 Å². The van der Waals surface area contributed by atoms with E-state index in [2.05, 4.69) is 35.3 Å². The number of hydrogen-bond acceptors (Lipinski definition) is 3. The topological polar surface area (TPSA) is 39.1 Å². The smallest absolute Gasteiger partial charge is 0.101 e. The maximum absolute atomic E-state index is 9.39. The van der Waals surface area contributed by atoms with Gasteiger partial charge in [0.2, 0.25) is 0 Å². The standard InChI is InChI=1S/C18H25N3/c1-2-10-20-15-11-16-7-5-8-17(12-15)21(16)18-9-4-3-6-14(18)13-19/h3-4,6,9,15-17,20H,2,5,7-8,10-12H2,1H3. The summed E-state index contributed by atoms with van der Waals surface area (Å²) < 4.78 is 0. The van der Waals surface area contributed by atoms with Gasteiger partial charge < -0.3 is 10.2 Å². The second-order valence-corrected chi connectivity index (χ2v) is 6.40. The molecule has 21 heavy (non-hydrogen) atoms.